The van der Waals surface area contributed by atoms with Crippen molar-refractivity contribution in [1.82, 2.24) is 10.2 Å². The number of ether oxygens (including phenoxy) is 2. The minimum absolute atomic E-state index is 0.00121. The van der Waals surface area contributed by atoms with E-state index in [-0.39, 0.29) is 17.3 Å². The Bertz CT molecular complexity index is 1390. The molecule has 0 aliphatic carbocycles. The minimum Gasteiger partial charge on any atom is -0.493 e. The van der Waals surface area contributed by atoms with Crippen molar-refractivity contribution in [3.8, 4) is 11.5 Å². The summed E-state index contributed by atoms with van der Waals surface area (Å²) in [5.74, 6) is -0.457. The predicted octanol–water partition coefficient (Wildman–Crippen LogP) is 5.42. The van der Waals surface area contributed by atoms with Crippen molar-refractivity contribution in [1.29, 1.82) is 0 Å². The summed E-state index contributed by atoms with van der Waals surface area (Å²) in [5.41, 5.74) is 2.93. The van der Waals surface area contributed by atoms with Gasteiger partial charge in [0.15, 0.2) is 11.5 Å². The fourth-order valence-corrected chi connectivity index (χ4v) is 4.05. The molecule has 3 aromatic rings. The Balaban J connectivity index is 1.46. The Kier molecular flexibility index (Phi) is 8.01. The lowest BCUT2D eigenvalue weighted by molar-refractivity contribution is -0.127. The number of aryl methyl sites for hydroxylation is 1. The highest BCUT2D eigenvalue weighted by atomic mass is 35.5. The summed E-state index contributed by atoms with van der Waals surface area (Å²) in [4.78, 5) is 38.5. The third-order valence-corrected chi connectivity index (χ3v) is 5.96. The molecule has 0 spiro atoms. The first-order valence-electron chi connectivity index (χ1n) is 11.2. The van der Waals surface area contributed by atoms with E-state index in [1.807, 2.05) is 25.1 Å². The number of nitrogens with zero attached hydrogens (tertiary/aromatic N) is 1. The number of imide groups is 1. The van der Waals surface area contributed by atoms with Crippen LogP contribution in [0, 0.1) is 6.92 Å². The lowest BCUT2D eigenvalue weighted by Crippen LogP contribution is -2.38. The first kappa shape index (κ1) is 26.1. The van der Waals surface area contributed by atoms with Gasteiger partial charge in [0.2, 0.25) is 5.91 Å². The molecular weight excluding hydrogens is 517 g/mol. The molecule has 0 unspecified atom stereocenters. The fourth-order valence-electron chi connectivity index (χ4n) is 3.65. The van der Waals surface area contributed by atoms with Crippen LogP contribution in [0.3, 0.4) is 0 Å². The Morgan fingerprint density at radius 2 is 1.84 bits per heavy atom. The summed E-state index contributed by atoms with van der Waals surface area (Å²) >= 11 is 12.4. The second kappa shape index (κ2) is 11.4. The first-order chi connectivity index (χ1) is 17.7. The van der Waals surface area contributed by atoms with Crippen LogP contribution in [0.2, 0.25) is 10.0 Å². The SMILES string of the molecule is COc1cc(/C=C2/NC(=O)N(CC(=O)Nc3cccc(C)c3)C2=O)cc(Cl)c1OCc1ccc(Cl)cc1. The molecule has 190 valence electrons. The van der Waals surface area contributed by atoms with Crippen molar-refractivity contribution in [2.75, 3.05) is 19.0 Å². The molecule has 4 rings (SSSR count). The zero-order chi connectivity index (χ0) is 26.5. The normalized spacial score (nSPS) is 14.1. The number of nitrogens with one attached hydrogen (secondary N) is 2. The third kappa shape index (κ3) is 6.41. The second-order valence-corrected chi connectivity index (χ2v) is 9.09. The number of hydrogen-bond acceptors (Lipinski definition) is 5. The van der Waals surface area contributed by atoms with Gasteiger partial charge in [-0.2, -0.15) is 0 Å². The maximum absolute atomic E-state index is 12.8. The molecule has 2 N–H and O–H groups in total. The quantitative estimate of drug-likeness (QED) is 0.294. The van der Waals surface area contributed by atoms with E-state index in [0.29, 0.717) is 27.8 Å². The van der Waals surface area contributed by atoms with Crippen LogP contribution in [0.4, 0.5) is 10.5 Å². The highest BCUT2D eigenvalue weighted by Gasteiger charge is 2.35. The van der Waals surface area contributed by atoms with E-state index in [1.165, 1.54) is 13.2 Å². The number of rotatable bonds is 8. The molecular formula is C27H23Cl2N3O5. The van der Waals surface area contributed by atoms with Gasteiger partial charge in [-0.1, -0.05) is 47.5 Å². The van der Waals surface area contributed by atoms with Gasteiger partial charge in [0.05, 0.1) is 12.1 Å². The molecule has 1 aliphatic heterocycles. The standard InChI is InChI=1S/C27H23Cl2N3O5/c1-16-4-3-5-20(10-16)30-24(33)14-32-26(34)22(31-27(32)35)12-18-11-21(29)25(23(13-18)36-2)37-15-17-6-8-19(28)9-7-17/h3-13H,14-15H2,1-2H3,(H,30,33)(H,31,35)/b22-12+. The van der Waals surface area contributed by atoms with Crippen molar-refractivity contribution >= 4 is 52.8 Å². The van der Waals surface area contributed by atoms with E-state index in [1.54, 1.807) is 42.5 Å². The van der Waals surface area contributed by atoms with Gasteiger partial charge >= 0.3 is 6.03 Å². The van der Waals surface area contributed by atoms with E-state index in [0.717, 1.165) is 16.0 Å². The molecule has 0 aromatic heterocycles. The van der Waals surface area contributed by atoms with Crippen LogP contribution in [0.25, 0.3) is 6.08 Å². The summed E-state index contributed by atoms with van der Waals surface area (Å²) in [6, 6.07) is 16.9. The van der Waals surface area contributed by atoms with Gasteiger partial charge < -0.3 is 20.1 Å². The van der Waals surface area contributed by atoms with Crippen LogP contribution in [-0.2, 0) is 16.2 Å². The largest absolute Gasteiger partial charge is 0.493 e. The molecule has 0 radical (unpaired) electrons. The maximum atomic E-state index is 12.8. The molecule has 0 saturated carbocycles. The van der Waals surface area contributed by atoms with Crippen molar-refractivity contribution < 1.29 is 23.9 Å². The Hall–Kier alpha value is -4.01. The van der Waals surface area contributed by atoms with Crippen molar-refractivity contribution in [3.63, 3.8) is 0 Å². The molecule has 1 heterocycles. The van der Waals surface area contributed by atoms with Gasteiger partial charge in [-0.05, 0) is 66.1 Å². The topological polar surface area (TPSA) is 97.0 Å². The van der Waals surface area contributed by atoms with Gasteiger partial charge in [0.25, 0.3) is 5.91 Å². The Morgan fingerprint density at radius 1 is 1.08 bits per heavy atom. The molecule has 1 aliphatic rings. The number of carbonyl (C=O) groups is 3. The highest BCUT2D eigenvalue weighted by Crippen LogP contribution is 2.37. The maximum Gasteiger partial charge on any atom is 0.329 e. The molecule has 3 aromatic carbocycles. The van der Waals surface area contributed by atoms with Crippen LogP contribution >= 0.6 is 23.2 Å². The van der Waals surface area contributed by atoms with Crippen LogP contribution in [0.15, 0.2) is 66.4 Å². The van der Waals surface area contributed by atoms with Crippen LogP contribution < -0.4 is 20.1 Å². The van der Waals surface area contributed by atoms with Gasteiger partial charge in [0.1, 0.15) is 18.8 Å². The number of halogens is 2. The second-order valence-electron chi connectivity index (χ2n) is 8.25. The molecule has 37 heavy (non-hydrogen) atoms. The minimum atomic E-state index is -0.698. The number of benzene rings is 3. The number of methoxy groups -OCH3 is 1. The zero-order valence-corrected chi connectivity index (χ0v) is 21.5. The average molecular weight is 540 g/mol. The summed E-state index contributed by atoms with van der Waals surface area (Å²) in [6.45, 7) is 1.70. The summed E-state index contributed by atoms with van der Waals surface area (Å²) in [5, 5.41) is 6.06. The highest BCUT2D eigenvalue weighted by molar-refractivity contribution is 6.32. The fraction of sp³-hybridized carbons (Fsp3) is 0.148. The molecule has 1 saturated heterocycles. The monoisotopic (exact) mass is 539 g/mol. The Morgan fingerprint density at radius 3 is 2.54 bits per heavy atom. The summed E-state index contributed by atoms with van der Waals surface area (Å²) in [6.07, 6.45) is 1.45. The van der Waals surface area contributed by atoms with Crippen LogP contribution in [-0.4, -0.2) is 36.4 Å². The molecule has 8 nitrogen and oxygen atoms in total. The lowest BCUT2D eigenvalue weighted by Gasteiger charge is -2.14. The summed E-state index contributed by atoms with van der Waals surface area (Å²) in [7, 11) is 1.47. The van der Waals surface area contributed by atoms with Gasteiger partial charge in [-0.25, -0.2) is 9.69 Å². The number of anilines is 1. The smallest absolute Gasteiger partial charge is 0.329 e. The van der Waals surface area contributed by atoms with Gasteiger partial charge in [0, 0.05) is 10.7 Å². The molecule has 10 heteroatoms. The molecule has 4 amide bonds. The number of hydrogen-bond donors (Lipinski definition) is 2. The predicted molar refractivity (Wildman–Crippen MR) is 142 cm³/mol. The van der Waals surface area contributed by atoms with Crippen LogP contribution in [0.5, 0.6) is 11.5 Å². The molecule has 0 bridgehead atoms. The summed E-state index contributed by atoms with van der Waals surface area (Å²) < 4.78 is 11.3. The Labute approximate surface area is 223 Å². The van der Waals surface area contributed by atoms with E-state index in [9.17, 15) is 14.4 Å². The number of carbonyl (C=O) groups excluding carboxylic acids is 3. The van der Waals surface area contributed by atoms with Crippen molar-refractivity contribution in [2.45, 2.75) is 13.5 Å². The first-order valence-corrected chi connectivity index (χ1v) is 11.9. The number of urea groups is 1. The zero-order valence-electron chi connectivity index (χ0n) is 20.0. The van der Waals surface area contributed by atoms with E-state index in [2.05, 4.69) is 10.6 Å². The van der Waals surface area contributed by atoms with Gasteiger partial charge in [-0.15, -0.1) is 0 Å². The van der Waals surface area contributed by atoms with E-state index < -0.39 is 24.4 Å². The van der Waals surface area contributed by atoms with Crippen molar-refractivity contribution in [2.24, 2.45) is 0 Å². The average Bonchev–Trinajstić information content (AvgIpc) is 3.11. The third-order valence-electron chi connectivity index (χ3n) is 5.43. The van der Waals surface area contributed by atoms with Crippen LogP contribution in [0.1, 0.15) is 16.7 Å². The van der Waals surface area contributed by atoms with E-state index >= 15 is 0 Å². The van der Waals surface area contributed by atoms with Gasteiger partial charge in [-0.3, -0.25) is 9.59 Å². The number of amides is 4. The lowest BCUT2D eigenvalue weighted by atomic mass is 10.1. The van der Waals surface area contributed by atoms with E-state index in [4.69, 9.17) is 32.7 Å². The molecule has 1 fully saturated rings. The van der Waals surface area contributed by atoms with Crippen molar-refractivity contribution in [3.05, 3.63) is 93.1 Å². The molecule has 0 atom stereocenters.